The van der Waals surface area contributed by atoms with Gasteiger partial charge >= 0.3 is 0 Å². The largest absolute Gasteiger partial charge is 0.605 e. The minimum absolute atomic E-state index is 0. The Labute approximate surface area is 108 Å². The van der Waals surface area contributed by atoms with E-state index < -0.39 is 29.0 Å². The zero-order valence-corrected chi connectivity index (χ0v) is 9.22. The van der Waals surface area contributed by atoms with Crippen LogP contribution < -0.4 is 4.74 Å². The number of carbonyl (C=O) groups excluding carboxylic acids is 1. The van der Waals surface area contributed by atoms with Gasteiger partial charge in [-0.2, -0.15) is 0 Å². The summed E-state index contributed by atoms with van der Waals surface area (Å²) in [5.74, 6) is -8.29. The Hall–Kier alpha value is -0.252. The first-order chi connectivity index (χ1) is 6.07. The molecular weight excluding hydrogens is 337 g/mol. The quantitative estimate of drug-likeness (QED) is 0.466. The number of ether oxygens (including phenoxy) is 1. The minimum atomic E-state index is -1.78. The molecular formula is C7HF4O2Pm-. The molecule has 75 valence electrons. The Morgan fingerprint density at radius 1 is 1.07 bits per heavy atom. The third-order valence-electron chi connectivity index (χ3n) is 1.22. The van der Waals surface area contributed by atoms with Crippen LogP contribution in [0.25, 0.3) is 0 Å². The molecule has 1 aromatic carbocycles. The van der Waals surface area contributed by atoms with Crippen LogP contribution in [0.3, 0.4) is 0 Å². The van der Waals surface area contributed by atoms with Crippen molar-refractivity contribution in [1.29, 1.82) is 0 Å². The van der Waals surface area contributed by atoms with Gasteiger partial charge in [0, 0.05) is 52.2 Å². The fourth-order valence-electron chi connectivity index (χ4n) is 0.683. The zero-order valence-electron chi connectivity index (χ0n) is 6.35. The van der Waals surface area contributed by atoms with Crippen LogP contribution in [-0.2, 0) is 4.79 Å². The summed E-state index contributed by atoms with van der Waals surface area (Å²) in [7, 11) is 0. The van der Waals surface area contributed by atoms with Crippen LogP contribution in [0, 0.1) is 63.7 Å². The van der Waals surface area contributed by atoms with E-state index in [-0.39, 0.29) is 46.5 Å². The number of hydrogen-bond acceptors (Lipinski definition) is 2. The van der Waals surface area contributed by atoms with Crippen molar-refractivity contribution in [2.75, 3.05) is 0 Å². The summed E-state index contributed by atoms with van der Waals surface area (Å²) >= 11 is 0. The molecule has 7 heteroatoms. The van der Waals surface area contributed by atoms with E-state index in [0.29, 0.717) is 6.47 Å². The maximum Gasteiger partial charge on any atom is 0.170 e. The van der Waals surface area contributed by atoms with Crippen LogP contribution in [0.1, 0.15) is 0 Å². The molecule has 0 spiro atoms. The predicted octanol–water partition coefficient (Wildman–Crippen LogP) is 1.69. The van der Waals surface area contributed by atoms with Gasteiger partial charge in [-0.15, -0.1) is 0 Å². The van der Waals surface area contributed by atoms with Gasteiger partial charge in [0.2, 0.25) is 0 Å². The van der Waals surface area contributed by atoms with Gasteiger partial charge in [-0.05, 0) is 0 Å². The van der Waals surface area contributed by atoms with Crippen molar-refractivity contribution in [1.82, 2.24) is 0 Å². The van der Waals surface area contributed by atoms with E-state index in [9.17, 15) is 22.4 Å². The molecule has 0 aliphatic rings. The molecule has 0 aromatic heterocycles. The summed E-state index contributed by atoms with van der Waals surface area (Å²) < 4.78 is 53.4. The molecule has 1 rings (SSSR count). The van der Waals surface area contributed by atoms with Gasteiger partial charge in [-0.3, -0.25) is 0 Å². The van der Waals surface area contributed by atoms with E-state index >= 15 is 0 Å². The van der Waals surface area contributed by atoms with Crippen LogP contribution in [0.2, 0.25) is 0 Å². The first kappa shape index (κ1) is 13.7. The number of halogens is 4. The second kappa shape index (κ2) is 5.59. The fourth-order valence-corrected chi connectivity index (χ4v) is 0.683. The van der Waals surface area contributed by atoms with E-state index in [2.05, 4.69) is 4.74 Å². The molecule has 0 saturated heterocycles. The molecule has 0 unspecified atom stereocenters. The Kier molecular flexibility index (Phi) is 5.48. The smallest absolute Gasteiger partial charge is 0.170 e. The van der Waals surface area contributed by atoms with Crippen LogP contribution in [0.4, 0.5) is 17.6 Å². The van der Waals surface area contributed by atoms with Crippen LogP contribution >= 0.6 is 0 Å². The molecule has 0 aliphatic carbocycles. The summed E-state index contributed by atoms with van der Waals surface area (Å²) in [5, 5.41) is 0. The molecule has 14 heavy (non-hydrogen) atoms. The van der Waals surface area contributed by atoms with E-state index in [4.69, 9.17) is 0 Å². The average Bonchev–Trinajstić information content (AvgIpc) is 2.09. The second-order valence-corrected chi connectivity index (χ2v) is 1.98. The molecule has 0 atom stereocenters. The predicted molar refractivity (Wildman–Crippen MR) is 32.6 cm³/mol. The summed E-state index contributed by atoms with van der Waals surface area (Å²) in [6, 6.07) is 0.00231. The molecule has 1 aromatic rings. The molecule has 2 nitrogen and oxygen atoms in total. The maximum atomic E-state index is 12.5. The minimum Gasteiger partial charge on any atom is -0.605 e. The third-order valence-corrected chi connectivity index (χ3v) is 1.22. The molecule has 0 amide bonds. The Balaban J connectivity index is 0.00000169. The molecule has 0 N–H and O–H groups in total. The third kappa shape index (κ3) is 2.62. The van der Waals surface area contributed by atoms with Crippen LogP contribution in [0.15, 0.2) is 6.07 Å². The van der Waals surface area contributed by atoms with Gasteiger partial charge in [-0.1, -0.05) is 0 Å². The normalized spacial score (nSPS) is 9.14. The average molecular weight is 338 g/mol. The van der Waals surface area contributed by atoms with Crippen molar-refractivity contribution in [2.24, 2.45) is 0 Å². The maximum absolute atomic E-state index is 12.5. The van der Waals surface area contributed by atoms with Crippen molar-refractivity contribution in [3.8, 4) is 5.75 Å². The van der Waals surface area contributed by atoms with Gasteiger partial charge in [0.1, 0.15) is 23.3 Å². The van der Waals surface area contributed by atoms with Crippen molar-refractivity contribution < 1.29 is 67.5 Å². The Bertz CT molecular complexity index is 330. The summed E-state index contributed by atoms with van der Waals surface area (Å²) in [4.78, 5) is 9.58. The van der Waals surface area contributed by atoms with Gasteiger partial charge < -0.3 is 9.53 Å². The van der Waals surface area contributed by atoms with Gasteiger partial charge in [0.25, 0.3) is 0 Å². The molecule has 0 saturated carbocycles. The van der Waals surface area contributed by atoms with Crippen molar-refractivity contribution in [3.05, 3.63) is 29.3 Å². The summed E-state index contributed by atoms with van der Waals surface area (Å²) in [6.07, 6.45) is 0. The number of rotatable bonds is 2. The van der Waals surface area contributed by atoms with Crippen molar-refractivity contribution in [3.63, 3.8) is 0 Å². The molecule has 0 heterocycles. The topological polar surface area (TPSA) is 26.3 Å². The number of benzene rings is 1. The van der Waals surface area contributed by atoms with Crippen molar-refractivity contribution in [2.45, 2.75) is 0 Å². The van der Waals surface area contributed by atoms with E-state index in [1.165, 1.54) is 0 Å². The Morgan fingerprint density at radius 3 is 1.86 bits per heavy atom. The molecule has 1 radical (unpaired) electrons. The zero-order chi connectivity index (χ0) is 10.0. The standard InChI is InChI=1S/C7HF4O2.Pm/c8-3-1-4(9)6(11)7(5(3)10)13-2-12;/h1H;/q-1;. The second-order valence-electron chi connectivity index (χ2n) is 1.98. The SMILES string of the molecule is O=[C-]Oc1c(F)c(F)cc(F)c1F.[Pm]. The van der Waals surface area contributed by atoms with Crippen molar-refractivity contribution >= 4 is 6.47 Å². The first-order valence-corrected chi connectivity index (χ1v) is 2.95. The summed E-state index contributed by atoms with van der Waals surface area (Å²) in [6.45, 7) is 0.657. The van der Waals surface area contributed by atoms with Crippen LogP contribution in [-0.4, -0.2) is 6.47 Å². The summed E-state index contributed by atoms with van der Waals surface area (Å²) in [5.41, 5.74) is 0. The van der Waals surface area contributed by atoms with E-state index in [0.717, 1.165) is 0 Å². The van der Waals surface area contributed by atoms with Gasteiger partial charge in [-0.25, -0.2) is 17.6 Å². The fraction of sp³-hybridized carbons (Fsp3) is 0. The van der Waals surface area contributed by atoms with Crippen LogP contribution in [0.5, 0.6) is 5.75 Å². The van der Waals surface area contributed by atoms with Gasteiger partial charge in [0.15, 0.2) is 6.47 Å². The number of hydrogen-bond donors (Lipinski definition) is 0. The first-order valence-electron chi connectivity index (χ1n) is 2.95. The molecule has 0 fully saturated rings. The Morgan fingerprint density at radius 2 is 1.50 bits per heavy atom. The van der Waals surface area contributed by atoms with Gasteiger partial charge in [0.05, 0.1) is 0 Å². The molecule has 0 aliphatic heterocycles. The monoisotopic (exact) mass is 338 g/mol. The molecule has 0 bridgehead atoms. The van der Waals surface area contributed by atoms with E-state index in [1.54, 1.807) is 0 Å². The van der Waals surface area contributed by atoms with E-state index in [1.807, 2.05) is 0 Å².